The monoisotopic (exact) mass is 347 g/mol. The number of hydrogen-bond donors (Lipinski definition) is 2. The highest BCUT2D eigenvalue weighted by molar-refractivity contribution is 5.73. The van der Waals surface area contributed by atoms with Crippen LogP contribution in [0.25, 0.3) is 0 Å². The molecule has 134 valence electrons. The molecule has 1 atom stereocenters. The fraction of sp³-hybridized carbons (Fsp3) is 0.389. The Morgan fingerprint density at radius 1 is 1.24 bits per heavy atom. The van der Waals surface area contributed by atoms with Gasteiger partial charge in [0, 0.05) is 31.7 Å². The molecule has 0 saturated carbocycles. The molecule has 0 spiro atoms. The van der Waals surface area contributed by atoms with E-state index in [0.29, 0.717) is 26.3 Å². The minimum absolute atomic E-state index is 0.0979. The normalized spacial score (nSPS) is 16.4. The summed E-state index contributed by atoms with van der Waals surface area (Å²) < 4.78 is 24.0. The van der Waals surface area contributed by atoms with E-state index < -0.39 is 0 Å². The third-order valence-corrected chi connectivity index (χ3v) is 4.21. The summed E-state index contributed by atoms with van der Waals surface area (Å²) in [6.07, 6.45) is 3.15. The molecule has 6 nitrogen and oxygen atoms in total. The number of carbonyl (C=O) groups excluding carboxylic acids is 1. The number of morpholine rings is 1. The van der Waals surface area contributed by atoms with Gasteiger partial charge in [0.15, 0.2) is 0 Å². The van der Waals surface area contributed by atoms with Crippen molar-refractivity contribution in [2.24, 2.45) is 0 Å². The van der Waals surface area contributed by atoms with E-state index in [-0.39, 0.29) is 17.9 Å². The lowest BCUT2D eigenvalue weighted by Crippen LogP contribution is -2.45. The van der Waals surface area contributed by atoms with Crippen molar-refractivity contribution < 1.29 is 18.3 Å². The maximum absolute atomic E-state index is 13.6. The van der Waals surface area contributed by atoms with Crippen molar-refractivity contribution in [3.05, 3.63) is 59.8 Å². The number of urea groups is 1. The molecule has 0 bridgehead atoms. The zero-order chi connectivity index (χ0) is 17.5. The van der Waals surface area contributed by atoms with Crippen molar-refractivity contribution in [1.29, 1.82) is 0 Å². The predicted molar refractivity (Wildman–Crippen MR) is 90.5 cm³/mol. The highest BCUT2D eigenvalue weighted by Gasteiger charge is 2.23. The minimum atomic E-state index is -0.278. The lowest BCUT2D eigenvalue weighted by Gasteiger charge is -2.34. The van der Waals surface area contributed by atoms with E-state index in [1.165, 1.54) is 12.1 Å². The van der Waals surface area contributed by atoms with E-state index in [2.05, 4.69) is 15.5 Å². The number of hydrogen-bond acceptors (Lipinski definition) is 4. The Labute approximate surface area is 145 Å². The van der Waals surface area contributed by atoms with Crippen molar-refractivity contribution in [2.45, 2.75) is 12.6 Å². The van der Waals surface area contributed by atoms with Crippen molar-refractivity contribution in [3.63, 3.8) is 0 Å². The van der Waals surface area contributed by atoms with Gasteiger partial charge in [-0.3, -0.25) is 4.90 Å². The molecule has 1 fully saturated rings. The Bertz CT molecular complexity index is 672. The van der Waals surface area contributed by atoms with E-state index in [0.717, 1.165) is 24.2 Å². The smallest absolute Gasteiger partial charge is 0.315 e. The molecule has 7 heteroatoms. The molecule has 0 aliphatic carbocycles. The first-order chi connectivity index (χ1) is 12.2. The number of nitrogens with one attached hydrogen (secondary N) is 2. The zero-order valence-electron chi connectivity index (χ0n) is 13.9. The molecule has 1 aromatic heterocycles. The number of rotatable bonds is 6. The molecule has 25 heavy (non-hydrogen) atoms. The van der Waals surface area contributed by atoms with Gasteiger partial charge in [-0.05, 0) is 23.8 Å². The van der Waals surface area contributed by atoms with Crippen LogP contribution in [0.5, 0.6) is 0 Å². The van der Waals surface area contributed by atoms with Crippen LogP contribution in [0.3, 0.4) is 0 Å². The van der Waals surface area contributed by atoms with Crippen LogP contribution < -0.4 is 10.6 Å². The third kappa shape index (κ3) is 5.04. The van der Waals surface area contributed by atoms with Gasteiger partial charge in [0.25, 0.3) is 0 Å². The summed E-state index contributed by atoms with van der Waals surface area (Å²) in [5.41, 5.74) is 1.74. The molecule has 1 aliphatic rings. The highest BCUT2D eigenvalue weighted by atomic mass is 19.1. The Kier molecular flexibility index (Phi) is 6.03. The number of furan rings is 1. The lowest BCUT2D eigenvalue weighted by atomic mass is 10.0. The van der Waals surface area contributed by atoms with Crippen molar-refractivity contribution in [3.8, 4) is 0 Å². The second-order valence-corrected chi connectivity index (χ2v) is 5.91. The first-order valence-corrected chi connectivity index (χ1v) is 8.32. The summed E-state index contributed by atoms with van der Waals surface area (Å²) in [6.45, 7) is 3.56. The zero-order valence-corrected chi connectivity index (χ0v) is 13.9. The second kappa shape index (κ2) is 8.64. The summed E-state index contributed by atoms with van der Waals surface area (Å²) in [4.78, 5) is 14.3. The molecule has 0 unspecified atom stereocenters. The van der Waals surface area contributed by atoms with Gasteiger partial charge < -0.3 is 19.8 Å². The largest absolute Gasteiger partial charge is 0.472 e. The van der Waals surface area contributed by atoms with Gasteiger partial charge in [-0.1, -0.05) is 12.1 Å². The number of ether oxygens (including phenoxy) is 1. The fourth-order valence-corrected chi connectivity index (χ4v) is 2.89. The minimum Gasteiger partial charge on any atom is -0.472 e. The molecule has 2 N–H and O–H groups in total. The Morgan fingerprint density at radius 3 is 2.80 bits per heavy atom. The molecular formula is C18H22FN3O3. The number of nitrogens with zero attached hydrogens (tertiary/aromatic N) is 1. The molecule has 2 heterocycles. The Morgan fingerprint density at radius 2 is 2.08 bits per heavy atom. The summed E-state index contributed by atoms with van der Waals surface area (Å²) in [5, 5.41) is 5.65. The molecule has 1 saturated heterocycles. The van der Waals surface area contributed by atoms with Gasteiger partial charge in [-0.15, -0.1) is 0 Å². The Hall–Kier alpha value is -2.38. The van der Waals surface area contributed by atoms with Gasteiger partial charge in [0.1, 0.15) is 5.82 Å². The molecular weight excluding hydrogens is 325 g/mol. The quantitative estimate of drug-likeness (QED) is 0.841. The van der Waals surface area contributed by atoms with E-state index in [4.69, 9.17) is 9.15 Å². The van der Waals surface area contributed by atoms with E-state index in [1.54, 1.807) is 24.7 Å². The van der Waals surface area contributed by atoms with Crippen LogP contribution >= 0.6 is 0 Å². The average molecular weight is 347 g/mol. The van der Waals surface area contributed by atoms with Gasteiger partial charge >= 0.3 is 6.03 Å². The lowest BCUT2D eigenvalue weighted by molar-refractivity contribution is 0.0166. The number of halogens is 1. The van der Waals surface area contributed by atoms with Gasteiger partial charge in [0.05, 0.1) is 31.8 Å². The molecule has 2 amide bonds. The highest BCUT2D eigenvalue weighted by Crippen LogP contribution is 2.22. The van der Waals surface area contributed by atoms with Crippen LogP contribution in [0.15, 0.2) is 47.3 Å². The summed E-state index contributed by atoms with van der Waals surface area (Å²) >= 11 is 0. The first kappa shape index (κ1) is 17.4. The second-order valence-electron chi connectivity index (χ2n) is 5.91. The van der Waals surface area contributed by atoms with Crippen LogP contribution in [0, 0.1) is 5.82 Å². The van der Waals surface area contributed by atoms with Gasteiger partial charge in [-0.2, -0.15) is 0 Å². The van der Waals surface area contributed by atoms with Crippen LogP contribution in [-0.4, -0.2) is 43.8 Å². The number of carbonyl (C=O) groups is 1. The van der Waals surface area contributed by atoms with Crippen LogP contribution in [0.1, 0.15) is 17.2 Å². The summed E-state index contributed by atoms with van der Waals surface area (Å²) in [5.74, 6) is -0.278. The third-order valence-electron chi connectivity index (χ3n) is 4.21. The van der Waals surface area contributed by atoms with Gasteiger partial charge in [0.2, 0.25) is 0 Å². The maximum atomic E-state index is 13.6. The molecule has 1 aromatic carbocycles. The summed E-state index contributed by atoms with van der Waals surface area (Å²) in [6, 6.07) is 7.94. The predicted octanol–water partition coefficient (Wildman–Crippen LogP) is 2.29. The van der Waals surface area contributed by atoms with Crippen molar-refractivity contribution >= 4 is 6.03 Å². The van der Waals surface area contributed by atoms with Crippen molar-refractivity contribution in [1.82, 2.24) is 15.5 Å². The average Bonchev–Trinajstić information content (AvgIpc) is 3.15. The topological polar surface area (TPSA) is 66.7 Å². The SMILES string of the molecule is O=C(NCc1ccoc1)NC[C@@H](c1cccc(F)c1)N1CCOCC1. The van der Waals surface area contributed by atoms with E-state index >= 15 is 0 Å². The summed E-state index contributed by atoms with van der Waals surface area (Å²) in [7, 11) is 0. The number of amides is 2. The molecule has 2 aromatic rings. The molecule has 1 aliphatic heterocycles. The Balaban J connectivity index is 1.60. The fourth-order valence-electron chi connectivity index (χ4n) is 2.89. The van der Waals surface area contributed by atoms with Crippen LogP contribution in [-0.2, 0) is 11.3 Å². The first-order valence-electron chi connectivity index (χ1n) is 8.32. The van der Waals surface area contributed by atoms with Crippen molar-refractivity contribution in [2.75, 3.05) is 32.8 Å². The molecule has 0 radical (unpaired) electrons. The standard InChI is InChI=1S/C18H22FN3O3/c19-16-3-1-2-15(10-16)17(22-5-8-24-9-6-22)12-21-18(23)20-11-14-4-7-25-13-14/h1-4,7,10,13,17H,5-6,8-9,11-12H2,(H2,20,21,23)/t17-/m0/s1. The maximum Gasteiger partial charge on any atom is 0.315 e. The van der Waals surface area contributed by atoms with Crippen LogP contribution in [0.4, 0.5) is 9.18 Å². The number of benzene rings is 1. The van der Waals surface area contributed by atoms with Gasteiger partial charge in [-0.25, -0.2) is 9.18 Å². The molecule has 3 rings (SSSR count). The van der Waals surface area contributed by atoms with E-state index in [1.807, 2.05) is 6.07 Å². The van der Waals surface area contributed by atoms with Crippen LogP contribution in [0.2, 0.25) is 0 Å². The van der Waals surface area contributed by atoms with E-state index in [9.17, 15) is 9.18 Å².